The van der Waals surface area contributed by atoms with Gasteiger partial charge < -0.3 is 15.5 Å². The number of hydrogen-bond acceptors (Lipinski definition) is 3. The molecule has 27 heavy (non-hydrogen) atoms. The predicted octanol–water partition coefficient (Wildman–Crippen LogP) is 2.33. The number of amides is 3. The van der Waals surface area contributed by atoms with Crippen LogP contribution in [0.4, 0.5) is 5.69 Å². The largest absolute Gasteiger partial charge is 0.355 e. The van der Waals surface area contributed by atoms with Crippen molar-refractivity contribution in [1.29, 1.82) is 0 Å². The summed E-state index contributed by atoms with van der Waals surface area (Å²) in [5.74, 6) is -0.390. The second kappa shape index (κ2) is 9.33. The zero-order valence-corrected chi connectivity index (χ0v) is 15.7. The molecule has 0 aliphatic rings. The van der Waals surface area contributed by atoms with Crippen LogP contribution in [0, 0.1) is 0 Å². The first kappa shape index (κ1) is 19.9. The minimum Gasteiger partial charge on any atom is -0.355 e. The van der Waals surface area contributed by atoms with Gasteiger partial charge in [0.25, 0.3) is 5.91 Å². The normalized spacial score (nSPS) is 10.5. The van der Waals surface area contributed by atoms with Crippen molar-refractivity contribution in [3.05, 3.63) is 71.3 Å². The van der Waals surface area contributed by atoms with E-state index in [1.54, 1.807) is 68.5 Å². The van der Waals surface area contributed by atoms with Crippen LogP contribution in [0.5, 0.6) is 0 Å². The second-order valence-corrected chi connectivity index (χ2v) is 6.19. The third-order valence-corrected chi connectivity index (χ3v) is 3.90. The van der Waals surface area contributed by atoms with Crippen molar-refractivity contribution in [3.8, 4) is 0 Å². The third kappa shape index (κ3) is 6.11. The van der Waals surface area contributed by atoms with Crippen molar-refractivity contribution in [2.24, 2.45) is 0 Å². The van der Waals surface area contributed by atoms with Crippen molar-refractivity contribution in [2.75, 3.05) is 26.5 Å². The summed E-state index contributed by atoms with van der Waals surface area (Å²) in [4.78, 5) is 36.8. The average molecular weight is 365 g/mol. The first-order chi connectivity index (χ1) is 12.9. The summed E-state index contributed by atoms with van der Waals surface area (Å²) < 4.78 is 0. The fourth-order valence-corrected chi connectivity index (χ4v) is 2.28. The minimum absolute atomic E-state index is 0.0251. The molecule has 0 saturated carbocycles. The standard InChI is InChI=1S/C21H23N3O3/c1-22-21(27)17-9-4-15(5-10-17)8-13-19(25)23-18-11-6-16(7-12-18)14-20(26)24(2)3/h4-13H,14H2,1-3H3,(H,22,27)(H,23,25). The molecule has 6 nitrogen and oxygen atoms in total. The molecule has 0 bridgehead atoms. The highest BCUT2D eigenvalue weighted by molar-refractivity contribution is 6.02. The molecule has 0 aromatic heterocycles. The van der Waals surface area contributed by atoms with E-state index in [9.17, 15) is 14.4 Å². The van der Waals surface area contributed by atoms with Crippen LogP contribution in [-0.2, 0) is 16.0 Å². The first-order valence-corrected chi connectivity index (χ1v) is 8.49. The molecule has 0 heterocycles. The fraction of sp³-hybridized carbons (Fsp3) is 0.190. The van der Waals surface area contributed by atoms with Gasteiger partial charge in [0.15, 0.2) is 0 Å². The molecule has 0 fully saturated rings. The van der Waals surface area contributed by atoms with Gasteiger partial charge >= 0.3 is 0 Å². The lowest BCUT2D eigenvalue weighted by molar-refractivity contribution is -0.128. The molecule has 2 rings (SSSR count). The van der Waals surface area contributed by atoms with E-state index in [2.05, 4.69) is 10.6 Å². The zero-order valence-electron chi connectivity index (χ0n) is 15.7. The van der Waals surface area contributed by atoms with Gasteiger partial charge in [-0.2, -0.15) is 0 Å². The van der Waals surface area contributed by atoms with Crippen LogP contribution in [0.1, 0.15) is 21.5 Å². The number of likely N-dealkylation sites (N-methyl/N-ethyl adjacent to an activating group) is 1. The molecule has 140 valence electrons. The van der Waals surface area contributed by atoms with Gasteiger partial charge in [-0.1, -0.05) is 24.3 Å². The number of carbonyl (C=O) groups is 3. The summed E-state index contributed by atoms with van der Waals surface area (Å²) in [5.41, 5.74) is 2.92. The van der Waals surface area contributed by atoms with Crippen molar-refractivity contribution in [3.63, 3.8) is 0 Å². The van der Waals surface area contributed by atoms with E-state index >= 15 is 0 Å². The van der Waals surface area contributed by atoms with Gasteiger partial charge in [0, 0.05) is 38.5 Å². The molecular formula is C21H23N3O3. The van der Waals surface area contributed by atoms with Crippen LogP contribution in [0.25, 0.3) is 6.08 Å². The lowest BCUT2D eigenvalue weighted by Gasteiger charge is -2.10. The lowest BCUT2D eigenvalue weighted by Crippen LogP contribution is -2.23. The molecule has 0 aliphatic carbocycles. The monoisotopic (exact) mass is 365 g/mol. The number of nitrogens with zero attached hydrogens (tertiary/aromatic N) is 1. The van der Waals surface area contributed by atoms with Gasteiger partial charge in [0.1, 0.15) is 0 Å². The number of benzene rings is 2. The molecule has 0 unspecified atom stereocenters. The molecule has 2 aromatic rings. The van der Waals surface area contributed by atoms with E-state index < -0.39 is 0 Å². The SMILES string of the molecule is CNC(=O)c1ccc(C=CC(=O)Nc2ccc(CC(=O)N(C)C)cc2)cc1. The molecule has 0 spiro atoms. The Morgan fingerprint density at radius 3 is 2.15 bits per heavy atom. The van der Waals surface area contributed by atoms with Gasteiger partial charge in [-0.15, -0.1) is 0 Å². The van der Waals surface area contributed by atoms with Crippen molar-refractivity contribution < 1.29 is 14.4 Å². The quantitative estimate of drug-likeness (QED) is 0.771. The van der Waals surface area contributed by atoms with Crippen molar-refractivity contribution in [1.82, 2.24) is 10.2 Å². The molecule has 0 saturated heterocycles. The number of anilines is 1. The average Bonchev–Trinajstić information content (AvgIpc) is 2.67. The Labute approximate surface area is 158 Å². The number of rotatable bonds is 6. The number of nitrogens with one attached hydrogen (secondary N) is 2. The van der Waals surface area contributed by atoms with Crippen LogP contribution < -0.4 is 10.6 Å². The molecule has 0 radical (unpaired) electrons. The van der Waals surface area contributed by atoms with E-state index in [-0.39, 0.29) is 17.7 Å². The van der Waals surface area contributed by atoms with E-state index in [0.29, 0.717) is 17.7 Å². The minimum atomic E-state index is -0.262. The molecule has 6 heteroatoms. The Morgan fingerprint density at radius 2 is 1.59 bits per heavy atom. The fourth-order valence-electron chi connectivity index (χ4n) is 2.28. The highest BCUT2D eigenvalue weighted by Crippen LogP contribution is 2.11. The lowest BCUT2D eigenvalue weighted by atomic mass is 10.1. The summed E-state index contributed by atoms with van der Waals surface area (Å²) in [6.07, 6.45) is 3.43. The Balaban J connectivity index is 1.92. The van der Waals surface area contributed by atoms with Crippen molar-refractivity contribution >= 4 is 29.5 Å². The van der Waals surface area contributed by atoms with Crippen LogP contribution in [0.2, 0.25) is 0 Å². The smallest absolute Gasteiger partial charge is 0.251 e. The highest BCUT2D eigenvalue weighted by atomic mass is 16.2. The molecule has 3 amide bonds. The van der Waals surface area contributed by atoms with Gasteiger partial charge in [-0.05, 0) is 41.5 Å². The molecule has 0 aliphatic heterocycles. The van der Waals surface area contributed by atoms with Crippen LogP contribution in [0.15, 0.2) is 54.6 Å². The number of hydrogen-bond donors (Lipinski definition) is 2. The predicted molar refractivity (Wildman–Crippen MR) is 106 cm³/mol. The Hall–Kier alpha value is -3.41. The summed E-state index contributed by atoms with van der Waals surface area (Å²) in [6.45, 7) is 0. The van der Waals surface area contributed by atoms with Crippen LogP contribution in [-0.4, -0.2) is 43.8 Å². The first-order valence-electron chi connectivity index (χ1n) is 8.49. The maximum atomic E-state index is 12.0. The van der Waals surface area contributed by atoms with E-state index in [1.165, 1.54) is 6.08 Å². The van der Waals surface area contributed by atoms with Gasteiger partial charge in [-0.3, -0.25) is 14.4 Å². The maximum Gasteiger partial charge on any atom is 0.251 e. The van der Waals surface area contributed by atoms with Crippen LogP contribution in [0.3, 0.4) is 0 Å². The highest BCUT2D eigenvalue weighted by Gasteiger charge is 2.06. The Kier molecular flexibility index (Phi) is 6.88. The summed E-state index contributed by atoms with van der Waals surface area (Å²) in [7, 11) is 5.01. The van der Waals surface area contributed by atoms with Gasteiger partial charge in [0.05, 0.1) is 6.42 Å². The topological polar surface area (TPSA) is 78.5 Å². The molecule has 0 atom stereocenters. The number of carbonyl (C=O) groups excluding carboxylic acids is 3. The zero-order chi connectivity index (χ0) is 19.8. The van der Waals surface area contributed by atoms with E-state index in [1.807, 2.05) is 12.1 Å². The summed E-state index contributed by atoms with van der Waals surface area (Å²) in [5, 5.41) is 5.32. The van der Waals surface area contributed by atoms with E-state index in [0.717, 1.165) is 11.1 Å². The molecular weight excluding hydrogens is 342 g/mol. The molecule has 2 aromatic carbocycles. The third-order valence-electron chi connectivity index (χ3n) is 3.90. The molecule has 2 N–H and O–H groups in total. The Morgan fingerprint density at radius 1 is 0.963 bits per heavy atom. The van der Waals surface area contributed by atoms with Crippen LogP contribution >= 0.6 is 0 Å². The van der Waals surface area contributed by atoms with E-state index in [4.69, 9.17) is 0 Å². The van der Waals surface area contributed by atoms with Crippen molar-refractivity contribution in [2.45, 2.75) is 6.42 Å². The summed E-state index contributed by atoms with van der Waals surface area (Å²) >= 11 is 0. The summed E-state index contributed by atoms with van der Waals surface area (Å²) in [6, 6.07) is 14.1. The maximum absolute atomic E-state index is 12.0. The van der Waals surface area contributed by atoms with Gasteiger partial charge in [-0.25, -0.2) is 0 Å². The van der Waals surface area contributed by atoms with Gasteiger partial charge in [0.2, 0.25) is 11.8 Å². The Bertz CT molecular complexity index is 838. The second-order valence-electron chi connectivity index (χ2n) is 6.19.